The molecule has 0 saturated heterocycles. The fourth-order valence-electron chi connectivity index (χ4n) is 0.806. The first-order valence-electron chi connectivity index (χ1n) is 4.86. The zero-order valence-electron chi connectivity index (χ0n) is 9.42. The largest absolute Gasteiger partial charge is 0.392 e. The molecule has 2 nitrogen and oxygen atoms in total. The lowest BCUT2D eigenvalue weighted by Gasteiger charge is -2.21. The van der Waals surface area contributed by atoms with E-state index in [0.717, 1.165) is 5.75 Å². The predicted octanol–water partition coefficient (Wildman–Crippen LogP) is 1.88. The topological polar surface area (TPSA) is 32.3 Å². The second kappa shape index (κ2) is 5.89. The molecular formula is C10H23NOS. The van der Waals surface area contributed by atoms with E-state index in [4.69, 9.17) is 5.11 Å². The van der Waals surface area contributed by atoms with E-state index >= 15 is 0 Å². The normalized spacial score (nSPS) is 17.1. The van der Waals surface area contributed by atoms with Crippen molar-refractivity contribution in [2.45, 2.75) is 51.5 Å². The minimum absolute atomic E-state index is 0.248. The summed E-state index contributed by atoms with van der Waals surface area (Å²) in [6, 6.07) is 0.471. The Labute approximate surface area is 86.5 Å². The molecule has 2 atom stereocenters. The van der Waals surface area contributed by atoms with Crippen molar-refractivity contribution in [3.8, 4) is 0 Å². The number of hydrogen-bond acceptors (Lipinski definition) is 3. The summed E-state index contributed by atoms with van der Waals surface area (Å²) in [7, 11) is 0. The quantitative estimate of drug-likeness (QED) is 0.719. The maximum Gasteiger partial charge on any atom is 0.0636 e. The van der Waals surface area contributed by atoms with E-state index in [1.807, 2.05) is 11.8 Å². The zero-order valence-corrected chi connectivity index (χ0v) is 10.2. The van der Waals surface area contributed by atoms with E-state index in [9.17, 15) is 0 Å². The van der Waals surface area contributed by atoms with Crippen LogP contribution in [0.1, 0.15) is 34.6 Å². The summed E-state index contributed by atoms with van der Waals surface area (Å²) >= 11 is 1.95. The monoisotopic (exact) mass is 205 g/mol. The first kappa shape index (κ1) is 13.3. The molecule has 0 spiro atoms. The summed E-state index contributed by atoms with van der Waals surface area (Å²) in [5.41, 5.74) is 0. The minimum atomic E-state index is -0.248. The Morgan fingerprint density at radius 3 is 2.23 bits per heavy atom. The summed E-state index contributed by atoms with van der Waals surface area (Å²) in [5, 5.41) is 12.3. The highest BCUT2D eigenvalue weighted by Crippen LogP contribution is 2.23. The molecule has 0 fully saturated rings. The van der Waals surface area contributed by atoms with E-state index in [1.54, 1.807) is 6.92 Å². The van der Waals surface area contributed by atoms with Gasteiger partial charge in [-0.25, -0.2) is 0 Å². The number of nitrogens with one attached hydrogen (secondary N) is 1. The Balaban J connectivity index is 3.46. The van der Waals surface area contributed by atoms with Gasteiger partial charge in [0.05, 0.1) is 6.10 Å². The first-order chi connectivity index (χ1) is 5.81. The first-order valence-corrected chi connectivity index (χ1v) is 5.85. The molecule has 13 heavy (non-hydrogen) atoms. The van der Waals surface area contributed by atoms with Crippen molar-refractivity contribution >= 4 is 11.8 Å². The summed E-state index contributed by atoms with van der Waals surface area (Å²) in [5.74, 6) is 1.09. The Kier molecular flexibility index (Phi) is 6.01. The molecule has 0 aromatic carbocycles. The van der Waals surface area contributed by atoms with Gasteiger partial charge in [-0.3, -0.25) is 0 Å². The molecule has 0 aliphatic rings. The van der Waals surface area contributed by atoms with Crippen LogP contribution in [0.25, 0.3) is 0 Å². The lowest BCUT2D eigenvalue weighted by molar-refractivity contribution is 0.188. The third kappa shape index (κ3) is 10.2. The van der Waals surface area contributed by atoms with Gasteiger partial charge in [0.1, 0.15) is 0 Å². The molecular weight excluding hydrogens is 182 g/mol. The molecule has 0 aromatic rings. The van der Waals surface area contributed by atoms with Crippen LogP contribution >= 0.6 is 11.8 Å². The fourth-order valence-corrected chi connectivity index (χ4v) is 1.67. The van der Waals surface area contributed by atoms with Gasteiger partial charge in [0, 0.05) is 23.1 Å². The third-order valence-corrected chi connectivity index (χ3v) is 3.06. The van der Waals surface area contributed by atoms with Crippen molar-refractivity contribution < 1.29 is 5.11 Å². The fraction of sp³-hybridized carbons (Fsp3) is 1.00. The lowest BCUT2D eigenvalue weighted by atomic mass is 10.3. The average Bonchev–Trinajstić information content (AvgIpc) is 1.95. The molecule has 1 unspecified atom stereocenters. The van der Waals surface area contributed by atoms with Gasteiger partial charge in [0.2, 0.25) is 0 Å². The van der Waals surface area contributed by atoms with Crippen LogP contribution in [0.15, 0.2) is 0 Å². The summed E-state index contributed by atoms with van der Waals surface area (Å²) < 4.78 is 0.334. The molecule has 0 aromatic heterocycles. The van der Waals surface area contributed by atoms with E-state index in [2.05, 4.69) is 33.0 Å². The molecule has 3 heteroatoms. The van der Waals surface area contributed by atoms with Crippen molar-refractivity contribution in [2.24, 2.45) is 0 Å². The maximum absolute atomic E-state index is 9.06. The van der Waals surface area contributed by atoms with Gasteiger partial charge in [-0.2, -0.15) is 11.8 Å². The van der Waals surface area contributed by atoms with Gasteiger partial charge in [0.15, 0.2) is 0 Å². The number of hydrogen-bond donors (Lipinski definition) is 2. The Hall–Kier alpha value is 0.270. The number of thioether (sulfide) groups is 1. The van der Waals surface area contributed by atoms with Gasteiger partial charge in [-0.15, -0.1) is 0 Å². The molecule has 0 aliphatic heterocycles. The van der Waals surface area contributed by atoms with Crippen LogP contribution in [0.5, 0.6) is 0 Å². The van der Waals surface area contributed by atoms with Gasteiger partial charge in [0.25, 0.3) is 0 Å². The Bertz CT molecular complexity index is 131. The second-order valence-corrected chi connectivity index (χ2v) is 6.43. The SMILES string of the molecule is CC(CSC(C)(C)C)NC[C@H](C)O. The van der Waals surface area contributed by atoms with Crippen molar-refractivity contribution in [3.63, 3.8) is 0 Å². The van der Waals surface area contributed by atoms with Crippen LogP contribution in [-0.2, 0) is 0 Å². The van der Waals surface area contributed by atoms with Gasteiger partial charge in [-0.1, -0.05) is 20.8 Å². The highest BCUT2D eigenvalue weighted by Gasteiger charge is 2.12. The van der Waals surface area contributed by atoms with Gasteiger partial charge < -0.3 is 10.4 Å². The van der Waals surface area contributed by atoms with E-state index in [1.165, 1.54) is 0 Å². The predicted molar refractivity (Wildman–Crippen MR) is 61.4 cm³/mol. The highest BCUT2D eigenvalue weighted by molar-refractivity contribution is 8.00. The maximum atomic E-state index is 9.06. The molecule has 0 heterocycles. The third-order valence-electron chi connectivity index (χ3n) is 1.53. The number of aliphatic hydroxyl groups is 1. The average molecular weight is 205 g/mol. The molecule has 2 N–H and O–H groups in total. The van der Waals surface area contributed by atoms with Crippen molar-refractivity contribution in [1.29, 1.82) is 0 Å². The van der Waals surface area contributed by atoms with Crippen LogP contribution in [0, 0.1) is 0 Å². The van der Waals surface area contributed by atoms with Crippen LogP contribution in [0.2, 0.25) is 0 Å². The van der Waals surface area contributed by atoms with Crippen molar-refractivity contribution in [2.75, 3.05) is 12.3 Å². The molecule has 0 saturated carbocycles. The zero-order chi connectivity index (χ0) is 10.5. The summed E-state index contributed by atoms with van der Waals surface area (Å²) in [6.07, 6.45) is -0.248. The van der Waals surface area contributed by atoms with E-state index < -0.39 is 0 Å². The summed E-state index contributed by atoms with van der Waals surface area (Å²) in [6.45, 7) is 11.3. The van der Waals surface area contributed by atoms with E-state index in [-0.39, 0.29) is 6.10 Å². The minimum Gasteiger partial charge on any atom is -0.392 e. The molecule has 0 bridgehead atoms. The molecule has 0 aliphatic carbocycles. The smallest absolute Gasteiger partial charge is 0.0636 e. The summed E-state index contributed by atoms with van der Waals surface area (Å²) in [4.78, 5) is 0. The number of rotatable bonds is 5. The van der Waals surface area contributed by atoms with Crippen LogP contribution in [0.3, 0.4) is 0 Å². The van der Waals surface area contributed by atoms with Crippen molar-refractivity contribution in [1.82, 2.24) is 5.32 Å². The lowest BCUT2D eigenvalue weighted by Crippen LogP contribution is -2.34. The molecule has 80 valence electrons. The second-order valence-electron chi connectivity index (χ2n) is 4.58. The van der Waals surface area contributed by atoms with Crippen molar-refractivity contribution in [3.05, 3.63) is 0 Å². The molecule has 0 rings (SSSR count). The number of aliphatic hydroxyl groups excluding tert-OH is 1. The van der Waals surface area contributed by atoms with E-state index in [0.29, 0.717) is 17.3 Å². The Morgan fingerprint density at radius 1 is 1.31 bits per heavy atom. The van der Waals surface area contributed by atoms with Gasteiger partial charge in [-0.05, 0) is 13.8 Å². The molecule has 0 amide bonds. The van der Waals surface area contributed by atoms with Crippen LogP contribution in [-0.4, -0.2) is 34.3 Å². The van der Waals surface area contributed by atoms with Gasteiger partial charge >= 0.3 is 0 Å². The van der Waals surface area contributed by atoms with Crippen LogP contribution in [0.4, 0.5) is 0 Å². The Morgan fingerprint density at radius 2 is 1.85 bits per heavy atom. The standard InChI is InChI=1S/C10H23NOS/c1-8(11-6-9(2)12)7-13-10(3,4)5/h8-9,11-12H,6-7H2,1-5H3/t8?,9-/m0/s1. The molecule has 0 radical (unpaired) electrons. The highest BCUT2D eigenvalue weighted by atomic mass is 32.2. The van der Waals surface area contributed by atoms with Crippen LogP contribution < -0.4 is 5.32 Å².